The van der Waals surface area contributed by atoms with Crippen molar-refractivity contribution in [1.82, 2.24) is 19.9 Å². The highest BCUT2D eigenvalue weighted by atomic mass is 15.1. The highest BCUT2D eigenvalue weighted by molar-refractivity contribution is 5.80. The summed E-state index contributed by atoms with van der Waals surface area (Å²) >= 11 is 0. The number of nitrogens with two attached hydrogens (primary N) is 2. The van der Waals surface area contributed by atoms with Gasteiger partial charge in [0.25, 0.3) is 0 Å². The van der Waals surface area contributed by atoms with Crippen LogP contribution in [-0.4, -0.2) is 19.9 Å². The Morgan fingerprint density at radius 2 is 2.07 bits per heavy atom. The summed E-state index contributed by atoms with van der Waals surface area (Å²) in [5, 5.41) is 0. The van der Waals surface area contributed by atoms with Gasteiger partial charge in [-0.3, -0.25) is 0 Å². The summed E-state index contributed by atoms with van der Waals surface area (Å²) in [6.45, 7) is 4.03. The van der Waals surface area contributed by atoms with E-state index in [1.54, 1.807) is 6.33 Å². The third kappa shape index (κ3) is 1.63. The van der Waals surface area contributed by atoms with E-state index in [2.05, 4.69) is 19.9 Å². The number of hydrogen-bond donors (Lipinski definition) is 3. The molecule has 0 spiro atoms. The number of nitrogen functional groups attached to an aromatic ring is 1. The van der Waals surface area contributed by atoms with Crippen LogP contribution in [0.1, 0.15) is 25.7 Å². The molecular weight excluding hydrogens is 192 g/mol. The first-order valence-corrected chi connectivity index (χ1v) is 4.81. The number of hydrogen-bond acceptors (Lipinski definition) is 5. The SMILES string of the molecule is CC(C)C(N)c1nc(N)c2[nH]cnc2n1. The van der Waals surface area contributed by atoms with Gasteiger partial charge in [-0.25, -0.2) is 15.0 Å². The minimum absolute atomic E-state index is 0.214. The normalized spacial score (nSPS) is 13.6. The molecule has 0 fully saturated rings. The van der Waals surface area contributed by atoms with E-state index in [4.69, 9.17) is 11.5 Å². The fraction of sp³-hybridized carbons (Fsp3) is 0.444. The molecule has 1 unspecified atom stereocenters. The van der Waals surface area contributed by atoms with Crippen LogP contribution in [0.4, 0.5) is 5.82 Å². The molecule has 2 heterocycles. The van der Waals surface area contributed by atoms with Crippen LogP contribution in [0.2, 0.25) is 0 Å². The van der Waals surface area contributed by atoms with E-state index in [9.17, 15) is 0 Å². The van der Waals surface area contributed by atoms with Crippen LogP contribution in [0.15, 0.2) is 6.33 Å². The molecule has 0 aliphatic carbocycles. The van der Waals surface area contributed by atoms with Gasteiger partial charge in [-0.05, 0) is 5.92 Å². The third-order valence-electron chi connectivity index (χ3n) is 2.35. The third-order valence-corrected chi connectivity index (χ3v) is 2.35. The van der Waals surface area contributed by atoms with Crippen molar-refractivity contribution in [2.24, 2.45) is 11.7 Å². The molecule has 0 aromatic carbocycles. The summed E-state index contributed by atoms with van der Waals surface area (Å²) in [4.78, 5) is 15.3. The van der Waals surface area contributed by atoms with E-state index in [0.717, 1.165) is 0 Å². The Labute approximate surface area is 87.1 Å². The van der Waals surface area contributed by atoms with Crippen molar-refractivity contribution in [1.29, 1.82) is 0 Å². The second kappa shape index (κ2) is 3.47. The van der Waals surface area contributed by atoms with E-state index in [1.165, 1.54) is 0 Å². The Bertz CT molecular complexity index is 474. The molecule has 0 radical (unpaired) electrons. The Morgan fingerprint density at radius 1 is 1.33 bits per heavy atom. The Kier molecular flexibility index (Phi) is 2.28. The van der Waals surface area contributed by atoms with Gasteiger partial charge in [0.05, 0.1) is 12.4 Å². The zero-order chi connectivity index (χ0) is 11.0. The first-order valence-electron chi connectivity index (χ1n) is 4.81. The van der Waals surface area contributed by atoms with Crippen LogP contribution in [-0.2, 0) is 0 Å². The van der Waals surface area contributed by atoms with E-state index in [1.807, 2.05) is 13.8 Å². The van der Waals surface area contributed by atoms with Gasteiger partial charge in [-0.1, -0.05) is 13.8 Å². The van der Waals surface area contributed by atoms with Crippen LogP contribution in [0, 0.1) is 5.92 Å². The second-order valence-electron chi connectivity index (χ2n) is 3.84. The summed E-state index contributed by atoms with van der Waals surface area (Å²) in [6, 6.07) is -0.214. The van der Waals surface area contributed by atoms with Crippen LogP contribution in [0.5, 0.6) is 0 Å². The van der Waals surface area contributed by atoms with Crippen LogP contribution < -0.4 is 11.5 Å². The number of aromatic amines is 1. The lowest BCUT2D eigenvalue weighted by molar-refractivity contribution is 0.492. The maximum atomic E-state index is 5.95. The van der Waals surface area contributed by atoms with Crippen LogP contribution >= 0.6 is 0 Å². The summed E-state index contributed by atoms with van der Waals surface area (Å²) in [5.74, 6) is 1.20. The average Bonchev–Trinajstić information content (AvgIpc) is 2.64. The predicted octanol–water partition coefficient (Wildman–Crippen LogP) is 0.591. The van der Waals surface area contributed by atoms with Crippen molar-refractivity contribution in [3.63, 3.8) is 0 Å². The van der Waals surface area contributed by atoms with Crippen molar-refractivity contribution in [2.75, 3.05) is 5.73 Å². The summed E-state index contributed by atoms with van der Waals surface area (Å²) < 4.78 is 0. The van der Waals surface area contributed by atoms with Gasteiger partial charge in [-0.2, -0.15) is 0 Å². The Balaban J connectivity index is 2.53. The fourth-order valence-electron chi connectivity index (χ4n) is 1.32. The summed E-state index contributed by atoms with van der Waals surface area (Å²) in [5.41, 5.74) is 12.9. The first-order chi connectivity index (χ1) is 7.09. The van der Waals surface area contributed by atoms with Gasteiger partial charge in [0.2, 0.25) is 0 Å². The number of rotatable bonds is 2. The molecule has 0 aliphatic rings. The fourth-order valence-corrected chi connectivity index (χ4v) is 1.32. The molecule has 0 bridgehead atoms. The standard InChI is InChI=1S/C9H14N6/c1-4(2)5(10)8-14-7(11)6-9(15-8)13-3-12-6/h3-5H,10H2,1-2H3,(H3,11,12,13,14,15). The molecule has 2 rings (SSSR count). The van der Waals surface area contributed by atoms with Crippen molar-refractivity contribution in [3.05, 3.63) is 12.2 Å². The number of imidazole rings is 1. The maximum Gasteiger partial charge on any atom is 0.183 e. The topological polar surface area (TPSA) is 106 Å². The van der Waals surface area contributed by atoms with Crippen LogP contribution in [0.25, 0.3) is 11.2 Å². The van der Waals surface area contributed by atoms with Gasteiger partial charge in [0.15, 0.2) is 11.5 Å². The average molecular weight is 206 g/mol. The molecule has 0 aliphatic heterocycles. The lowest BCUT2D eigenvalue weighted by atomic mass is 10.1. The van der Waals surface area contributed by atoms with Crippen molar-refractivity contribution in [3.8, 4) is 0 Å². The van der Waals surface area contributed by atoms with E-state index in [0.29, 0.717) is 22.8 Å². The summed E-state index contributed by atoms with van der Waals surface area (Å²) in [7, 11) is 0. The molecule has 6 nitrogen and oxygen atoms in total. The monoisotopic (exact) mass is 206 g/mol. The minimum Gasteiger partial charge on any atom is -0.382 e. The van der Waals surface area contributed by atoms with Crippen molar-refractivity contribution >= 4 is 17.0 Å². The quantitative estimate of drug-likeness (QED) is 0.666. The van der Waals surface area contributed by atoms with Gasteiger partial charge in [-0.15, -0.1) is 0 Å². The van der Waals surface area contributed by atoms with Gasteiger partial charge >= 0.3 is 0 Å². The van der Waals surface area contributed by atoms with E-state index in [-0.39, 0.29) is 12.0 Å². The van der Waals surface area contributed by atoms with Gasteiger partial charge in [0.1, 0.15) is 11.3 Å². The number of fused-ring (bicyclic) bond motifs is 1. The molecule has 2 aromatic rings. The molecule has 80 valence electrons. The lowest BCUT2D eigenvalue weighted by Crippen LogP contribution is -2.20. The van der Waals surface area contributed by atoms with Gasteiger partial charge in [0, 0.05) is 0 Å². The highest BCUT2D eigenvalue weighted by Crippen LogP contribution is 2.19. The predicted molar refractivity (Wildman–Crippen MR) is 57.9 cm³/mol. The largest absolute Gasteiger partial charge is 0.382 e. The second-order valence-corrected chi connectivity index (χ2v) is 3.84. The van der Waals surface area contributed by atoms with Crippen molar-refractivity contribution in [2.45, 2.75) is 19.9 Å². The van der Waals surface area contributed by atoms with E-state index >= 15 is 0 Å². The van der Waals surface area contributed by atoms with E-state index < -0.39 is 0 Å². The summed E-state index contributed by atoms with van der Waals surface area (Å²) in [6.07, 6.45) is 1.54. The molecule has 0 saturated carbocycles. The molecule has 2 aromatic heterocycles. The maximum absolute atomic E-state index is 5.95. The number of anilines is 1. The smallest absolute Gasteiger partial charge is 0.183 e. The molecule has 0 saturated heterocycles. The highest BCUT2D eigenvalue weighted by Gasteiger charge is 2.16. The molecule has 0 amide bonds. The minimum atomic E-state index is -0.214. The molecule has 6 heteroatoms. The number of H-pyrrole nitrogens is 1. The molecular formula is C9H14N6. The van der Waals surface area contributed by atoms with Gasteiger partial charge < -0.3 is 16.5 Å². The first kappa shape index (κ1) is 9.85. The van der Waals surface area contributed by atoms with Crippen LogP contribution in [0.3, 0.4) is 0 Å². The molecule has 1 atom stereocenters. The molecule has 15 heavy (non-hydrogen) atoms. The molecule has 5 N–H and O–H groups in total. The number of nitrogens with zero attached hydrogens (tertiary/aromatic N) is 3. The Hall–Kier alpha value is -1.69. The number of nitrogens with one attached hydrogen (secondary N) is 1. The van der Waals surface area contributed by atoms with Crippen molar-refractivity contribution < 1.29 is 0 Å². The Morgan fingerprint density at radius 3 is 2.73 bits per heavy atom. The zero-order valence-corrected chi connectivity index (χ0v) is 8.73. The lowest BCUT2D eigenvalue weighted by Gasteiger charge is -2.13. The zero-order valence-electron chi connectivity index (χ0n) is 8.73. The number of aromatic nitrogens is 4.